The lowest BCUT2D eigenvalue weighted by molar-refractivity contribution is 0.0818. The van der Waals surface area contributed by atoms with Gasteiger partial charge in [0.2, 0.25) is 0 Å². The summed E-state index contributed by atoms with van der Waals surface area (Å²) in [6.45, 7) is 14.3. The second-order valence-electron chi connectivity index (χ2n) is 6.22. The third-order valence-corrected chi connectivity index (χ3v) is 6.86. The molecule has 1 rings (SSSR count). The Morgan fingerprint density at radius 3 is 2.56 bits per heavy atom. The van der Waals surface area contributed by atoms with Gasteiger partial charge in [-0.05, 0) is 37.5 Å². The Labute approximate surface area is 128 Å². The summed E-state index contributed by atoms with van der Waals surface area (Å²) in [5.41, 5.74) is 0.645. The first-order valence-corrected chi connectivity index (χ1v) is 8.27. The first kappa shape index (κ1) is 16.5. The van der Waals surface area contributed by atoms with E-state index in [1.807, 2.05) is 6.92 Å². The van der Waals surface area contributed by atoms with Gasteiger partial charge in [-0.1, -0.05) is 63.9 Å². The Hall–Kier alpha value is 0.400. The molecule has 3 heteroatoms. The standard InChI is InChI=1S/C15H24Br2O/c1-6-15(5,18)8-7-11-10(2)12(16)9-13(17)14(11,3)4/h6,11-13,18H,1-2,7-9H2,3-5H3. The molecule has 1 aliphatic rings. The van der Waals surface area contributed by atoms with Gasteiger partial charge in [0.25, 0.3) is 0 Å². The molecule has 18 heavy (non-hydrogen) atoms. The van der Waals surface area contributed by atoms with Gasteiger partial charge in [-0.25, -0.2) is 0 Å². The Morgan fingerprint density at radius 2 is 2.06 bits per heavy atom. The third kappa shape index (κ3) is 3.49. The molecule has 104 valence electrons. The topological polar surface area (TPSA) is 20.2 Å². The van der Waals surface area contributed by atoms with Crippen molar-refractivity contribution in [3.8, 4) is 0 Å². The predicted molar refractivity (Wildman–Crippen MR) is 86.5 cm³/mol. The fourth-order valence-corrected chi connectivity index (χ4v) is 4.53. The van der Waals surface area contributed by atoms with E-state index in [-0.39, 0.29) is 5.41 Å². The van der Waals surface area contributed by atoms with Gasteiger partial charge in [0.15, 0.2) is 0 Å². The number of hydrogen-bond donors (Lipinski definition) is 1. The van der Waals surface area contributed by atoms with Gasteiger partial charge in [-0.2, -0.15) is 0 Å². The summed E-state index contributed by atoms with van der Waals surface area (Å²) < 4.78 is 0. The van der Waals surface area contributed by atoms with Crippen LogP contribution in [0.1, 0.15) is 40.0 Å². The number of allylic oxidation sites excluding steroid dienone is 1. The SMILES string of the molecule is C=CC(C)(O)CCC1C(=C)C(Br)CC(Br)C1(C)C. The highest BCUT2D eigenvalue weighted by molar-refractivity contribution is 9.10. The van der Waals surface area contributed by atoms with E-state index in [9.17, 15) is 5.11 Å². The van der Waals surface area contributed by atoms with Crippen molar-refractivity contribution in [2.24, 2.45) is 11.3 Å². The number of rotatable bonds is 4. The summed E-state index contributed by atoms with van der Waals surface area (Å²) in [4.78, 5) is 0.840. The van der Waals surface area contributed by atoms with E-state index in [1.54, 1.807) is 6.08 Å². The molecule has 1 saturated carbocycles. The Bertz CT molecular complexity index is 333. The zero-order valence-corrected chi connectivity index (χ0v) is 14.7. The van der Waals surface area contributed by atoms with Crippen molar-refractivity contribution < 1.29 is 5.11 Å². The van der Waals surface area contributed by atoms with Crippen LogP contribution in [0.3, 0.4) is 0 Å². The monoisotopic (exact) mass is 378 g/mol. The second kappa shape index (κ2) is 5.80. The highest BCUT2D eigenvalue weighted by Crippen LogP contribution is 2.50. The molecule has 0 aliphatic heterocycles. The van der Waals surface area contributed by atoms with Crippen LogP contribution in [0.15, 0.2) is 24.8 Å². The summed E-state index contributed by atoms with van der Waals surface area (Å²) >= 11 is 7.51. The second-order valence-corrected chi connectivity index (χ2v) is 8.43. The van der Waals surface area contributed by atoms with Crippen molar-refractivity contribution in [1.82, 2.24) is 0 Å². The maximum atomic E-state index is 10.1. The minimum absolute atomic E-state index is 0.165. The summed E-state index contributed by atoms with van der Waals surface area (Å²) in [7, 11) is 0. The average Bonchev–Trinajstić information content (AvgIpc) is 2.26. The quantitative estimate of drug-likeness (QED) is 0.547. The Balaban J connectivity index is 2.82. The number of halogens is 2. The Morgan fingerprint density at radius 1 is 1.50 bits per heavy atom. The molecule has 0 bridgehead atoms. The van der Waals surface area contributed by atoms with E-state index >= 15 is 0 Å². The molecule has 0 aromatic rings. The number of aliphatic hydroxyl groups is 1. The van der Waals surface area contributed by atoms with Gasteiger partial charge in [0, 0.05) is 9.65 Å². The maximum absolute atomic E-state index is 10.1. The van der Waals surface area contributed by atoms with Gasteiger partial charge < -0.3 is 5.11 Å². The van der Waals surface area contributed by atoms with Gasteiger partial charge in [-0.15, -0.1) is 6.58 Å². The van der Waals surface area contributed by atoms with E-state index in [4.69, 9.17) is 0 Å². The third-order valence-electron chi connectivity index (χ3n) is 4.35. The first-order chi connectivity index (χ1) is 8.12. The fourth-order valence-electron chi connectivity index (χ4n) is 2.65. The molecule has 4 unspecified atom stereocenters. The lowest BCUT2D eigenvalue weighted by Gasteiger charge is -2.47. The molecule has 0 heterocycles. The summed E-state index contributed by atoms with van der Waals surface area (Å²) in [5, 5.41) is 10.1. The van der Waals surface area contributed by atoms with Crippen LogP contribution in [0.2, 0.25) is 0 Å². The smallest absolute Gasteiger partial charge is 0.0797 e. The first-order valence-electron chi connectivity index (χ1n) is 6.44. The number of alkyl halides is 2. The van der Waals surface area contributed by atoms with E-state index in [0.29, 0.717) is 15.6 Å². The molecule has 0 radical (unpaired) electrons. The normalized spacial score (nSPS) is 35.0. The van der Waals surface area contributed by atoms with Gasteiger partial charge in [-0.3, -0.25) is 0 Å². The highest BCUT2D eigenvalue weighted by atomic mass is 79.9. The lowest BCUT2D eigenvalue weighted by Crippen LogP contribution is -2.43. The molecular weight excluding hydrogens is 356 g/mol. The molecule has 1 fully saturated rings. The molecular formula is C15H24Br2O. The average molecular weight is 380 g/mol. The van der Waals surface area contributed by atoms with Crippen molar-refractivity contribution >= 4 is 31.9 Å². The van der Waals surface area contributed by atoms with Crippen molar-refractivity contribution in [3.63, 3.8) is 0 Å². The molecule has 1 N–H and O–H groups in total. The lowest BCUT2D eigenvalue weighted by atomic mass is 9.64. The molecule has 0 aromatic carbocycles. The summed E-state index contributed by atoms with van der Waals surface area (Å²) in [6, 6.07) is 0. The zero-order chi connectivity index (χ0) is 14.1. The molecule has 1 nitrogen and oxygen atoms in total. The van der Waals surface area contributed by atoms with Crippen molar-refractivity contribution in [1.29, 1.82) is 0 Å². The highest BCUT2D eigenvalue weighted by Gasteiger charge is 2.44. The van der Waals surface area contributed by atoms with Crippen LogP contribution in [0.25, 0.3) is 0 Å². The fraction of sp³-hybridized carbons (Fsp3) is 0.733. The van der Waals surface area contributed by atoms with Crippen LogP contribution in [0.4, 0.5) is 0 Å². The minimum Gasteiger partial charge on any atom is -0.386 e. The van der Waals surface area contributed by atoms with E-state index in [0.717, 1.165) is 19.3 Å². The van der Waals surface area contributed by atoms with Crippen LogP contribution < -0.4 is 0 Å². The molecule has 1 aliphatic carbocycles. The molecule has 4 atom stereocenters. The maximum Gasteiger partial charge on any atom is 0.0797 e. The van der Waals surface area contributed by atoms with Crippen LogP contribution in [-0.4, -0.2) is 20.4 Å². The van der Waals surface area contributed by atoms with E-state index in [1.165, 1.54) is 5.57 Å². The predicted octanol–water partition coefficient (Wildman–Crippen LogP) is 4.83. The largest absolute Gasteiger partial charge is 0.386 e. The van der Waals surface area contributed by atoms with Crippen molar-refractivity contribution in [2.75, 3.05) is 0 Å². The summed E-state index contributed by atoms with van der Waals surface area (Å²) in [5.74, 6) is 0.409. The van der Waals surface area contributed by atoms with Crippen LogP contribution in [-0.2, 0) is 0 Å². The van der Waals surface area contributed by atoms with Crippen LogP contribution in [0, 0.1) is 11.3 Å². The van der Waals surface area contributed by atoms with Gasteiger partial charge in [0.05, 0.1) is 5.60 Å². The summed E-state index contributed by atoms with van der Waals surface area (Å²) in [6.07, 6.45) is 4.36. The minimum atomic E-state index is -0.780. The van der Waals surface area contributed by atoms with Crippen molar-refractivity contribution in [3.05, 3.63) is 24.8 Å². The number of hydrogen-bond acceptors (Lipinski definition) is 1. The zero-order valence-electron chi connectivity index (χ0n) is 11.5. The molecule has 0 spiro atoms. The van der Waals surface area contributed by atoms with Crippen LogP contribution in [0.5, 0.6) is 0 Å². The van der Waals surface area contributed by atoms with Gasteiger partial charge >= 0.3 is 0 Å². The van der Waals surface area contributed by atoms with Crippen LogP contribution >= 0.6 is 31.9 Å². The van der Waals surface area contributed by atoms with Crippen molar-refractivity contribution in [2.45, 2.75) is 55.3 Å². The van der Waals surface area contributed by atoms with E-state index in [2.05, 4.69) is 58.9 Å². The van der Waals surface area contributed by atoms with Gasteiger partial charge in [0.1, 0.15) is 0 Å². The molecule has 0 saturated heterocycles. The molecule has 0 aromatic heterocycles. The Kier molecular flexibility index (Phi) is 5.30. The van der Waals surface area contributed by atoms with E-state index < -0.39 is 5.60 Å². The molecule has 0 amide bonds.